The topological polar surface area (TPSA) is 88.8 Å². The largest absolute Gasteiger partial charge is 0.370 e. The van der Waals surface area contributed by atoms with E-state index < -0.39 is 0 Å². The van der Waals surface area contributed by atoms with E-state index in [0.717, 1.165) is 5.56 Å². The molecule has 0 fully saturated rings. The molecule has 0 aliphatic heterocycles. The summed E-state index contributed by atoms with van der Waals surface area (Å²) >= 11 is 2.30. The Labute approximate surface area is 115 Å². The van der Waals surface area contributed by atoms with Gasteiger partial charge in [-0.2, -0.15) is 0 Å². The number of nitrogens with one attached hydrogen (secondary N) is 1. The highest BCUT2D eigenvalue weighted by molar-refractivity contribution is 14.1. The van der Waals surface area contributed by atoms with Crippen molar-refractivity contribution < 1.29 is 0 Å². The molecule has 0 unspecified atom stereocenters. The van der Waals surface area contributed by atoms with Gasteiger partial charge in [-0.3, -0.25) is 10.3 Å². The van der Waals surface area contributed by atoms with Crippen LogP contribution in [0.25, 0.3) is 0 Å². The number of rotatable bonds is 2. The predicted octanol–water partition coefficient (Wildman–Crippen LogP) is 0.948. The molecule has 0 heterocycles. The van der Waals surface area contributed by atoms with Gasteiger partial charge in [-0.1, -0.05) is 12.1 Å². The summed E-state index contributed by atoms with van der Waals surface area (Å²) in [4.78, 5) is 7.90. The van der Waals surface area contributed by atoms with Crippen molar-refractivity contribution in [3.63, 3.8) is 0 Å². The van der Waals surface area contributed by atoms with Gasteiger partial charge in [-0.25, -0.2) is 4.99 Å². The lowest BCUT2D eigenvalue weighted by Gasteiger charge is -2.05. The monoisotopic (exact) mass is 345 g/mol. The van der Waals surface area contributed by atoms with Gasteiger partial charge in [0.1, 0.15) is 0 Å². The fourth-order valence-electron chi connectivity index (χ4n) is 1.21. The lowest BCUT2D eigenvalue weighted by atomic mass is 10.1. The molecule has 5 nitrogen and oxygen atoms in total. The van der Waals surface area contributed by atoms with Crippen LogP contribution < -0.4 is 16.8 Å². The molecule has 92 valence electrons. The van der Waals surface area contributed by atoms with E-state index in [9.17, 15) is 0 Å². The van der Waals surface area contributed by atoms with Crippen LogP contribution in [-0.2, 0) is 6.54 Å². The number of aliphatic imine (C=N–C) groups is 2. The predicted molar refractivity (Wildman–Crippen MR) is 79.9 cm³/mol. The molecule has 0 bridgehead atoms. The van der Waals surface area contributed by atoms with Crippen LogP contribution in [0.15, 0.2) is 28.2 Å². The van der Waals surface area contributed by atoms with Crippen LogP contribution in [0.5, 0.6) is 0 Å². The second-order valence-electron chi connectivity index (χ2n) is 3.52. The second-order valence-corrected chi connectivity index (χ2v) is 4.68. The summed E-state index contributed by atoms with van der Waals surface area (Å²) in [6, 6.07) is 6.19. The number of hydrogen-bond donors (Lipinski definition) is 3. The molecule has 5 N–H and O–H groups in total. The molecule has 6 heteroatoms. The summed E-state index contributed by atoms with van der Waals surface area (Å²) in [7, 11) is 1.58. The van der Waals surface area contributed by atoms with Crippen molar-refractivity contribution in [2.24, 2.45) is 21.5 Å². The smallest absolute Gasteiger partial charge is 0.195 e. The van der Waals surface area contributed by atoms with Gasteiger partial charge in [-0.15, -0.1) is 0 Å². The van der Waals surface area contributed by atoms with E-state index in [1.54, 1.807) is 7.05 Å². The van der Waals surface area contributed by atoms with Gasteiger partial charge >= 0.3 is 0 Å². The molecule has 1 rings (SSSR count). The number of halogens is 1. The minimum Gasteiger partial charge on any atom is -0.370 e. The number of aryl methyl sites for hydroxylation is 1. The SMILES string of the molecule is CN=C(N)NC(N)=NCc1ccc(I)c(C)c1. The molecule has 0 radical (unpaired) electrons. The van der Waals surface area contributed by atoms with E-state index in [4.69, 9.17) is 11.5 Å². The van der Waals surface area contributed by atoms with Gasteiger partial charge in [0, 0.05) is 10.6 Å². The number of guanidine groups is 2. The Hall–Kier alpha value is -1.31. The van der Waals surface area contributed by atoms with Crippen LogP contribution in [0.1, 0.15) is 11.1 Å². The molecule has 0 saturated heterocycles. The number of benzene rings is 1. The molecular formula is C11H16IN5. The average molecular weight is 345 g/mol. The van der Waals surface area contributed by atoms with Gasteiger partial charge in [0.05, 0.1) is 6.54 Å². The normalized spacial score (nSPS) is 12.6. The van der Waals surface area contributed by atoms with Gasteiger partial charge in [0.25, 0.3) is 0 Å². The van der Waals surface area contributed by atoms with Gasteiger partial charge < -0.3 is 11.5 Å². The molecular weight excluding hydrogens is 329 g/mol. The Balaban J connectivity index is 2.66. The lowest BCUT2D eigenvalue weighted by molar-refractivity contribution is 1.03. The first-order chi connectivity index (χ1) is 8.02. The first-order valence-corrected chi connectivity index (χ1v) is 6.15. The van der Waals surface area contributed by atoms with E-state index in [1.165, 1.54) is 9.13 Å². The Morgan fingerprint density at radius 2 is 2.06 bits per heavy atom. The molecule has 1 aromatic carbocycles. The molecule has 0 atom stereocenters. The third-order valence-electron chi connectivity index (χ3n) is 2.15. The summed E-state index contributed by atoms with van der Waals surface area (Å²) in [6.45, 7) is 2.59. The number of nitrogens with two attached hydrogens (primary N) is 2. The van der Waals surface area contributed by atoms with Crippen molar-refractivity contribution in [1.29, 1.82) is 0 Å². The summed E-state index contributed by atoms with van der Waals surface area (Å²) in [6.07, 6.45) is 0. The van der Waals surface area contributed by atoms with Gasteiger partial charge in [-0.05, 0) is 46.7 Å². The van der Waals surface area contributed by atoms with Crippen molar-refractivity contribution in [1.82, 2.24) is 5.32 Å². The van der Waals surface area contributed by atoms with Crippen LogP contribution in [0.4, 0.5) is 0 Å². The van der Waals surface area contributed by atoms with Gasteiger partial charge in [0.2, 0.25) is 0 Å². The third-order valence-corrected chi connectivity index (χ3v) is 3.36. The van der Waals surface area contributed by atoms with Crippen molar-refractivity contribution in [3.8, 4) is 0 Å². The van der Waals surface area contributed by atoms with E-state index in [1.807, 2.05) is 6.07 Å². The maximum atomic E-state index is 5.64. The van der Waals surface area contributed by atoms with E-state index in [2.05, 4.69) is 56.9 Å². The Morgan fingerprint density at radius 1 is 1.35 bits per heavy atom. The van der Waals surface area contributed by atoms with Crippen molar-refractivity contribution in [2.45, 2.75) is 13.5 Å². The van der Waals surface area contributed by atoms with Crippen LogP contribution in [0.2, 0.25) is 0 Å². The first kappa shape index (κ1) is 13.8. The zero-order valence-corrected chi connectivity index (χ0v) is 12.0. The van der Waals surface area contributed by atoms with Crippen LogP contribution in [-0.4, -0.2) is 19.0 Å². The maximum absolute atomic E-state index is 5.64. The molecule has 0 saturated carbocycles. The highest BCUT2D eigenvalue weighted by atomic mass is 127. The fraction of sp³-hybridized carbons (Fsp3) is 0.273. The summed E-state index contributed by atoms with van der Waals surface area (Å²) in [5.74, 6) is 0.523. The van der Waals surface area contributed by atoms with Crippen molar-refractivity contribution in [3.05, 3.63) is 32.9 Å². The molecule has 1 aromatic rings. The maximum Gasteiger partial charge on any atom is 0.195 e. The zero-order chi connectivity index (χ0) is 12.8. The highest BCUT2D eigenvalue weighted by Crippen LogP contribution is 2.13. The Morgan fingerprint density at radius 3 is 2.65 bits per heavy atom. The van der Waals surface area contributed by atoms with Crippen molar-refractivity contribution in [2.75, 3.05) is 7.05 Å². The molecule has 17 heavy (non-hydrogen) atoms. The molecule has 0 aliphatic carbocycles. The van der Waals surface area contributed by atoms with Gasteiger partial charge in [0.15, 0.2) is 11.9 Å². The Kier molecular flexibility index (Phi) is 5.20. The standard InChI is InChI=1S/C11H16IN5/c1-7-5-8(3-4-9(7)12)6-16-11(14)17-10(13)15-2/h3-5H,6H2,1-2H3,(H5,13,14,15,16,17). The van der Waals surface area contributed by atoms with Crippen LogP contribution in [0, 0.1) is 10.5 Å². The average Bonchev–Trinajstić information content (AvgIpc) is 2.30. The molecule has 0 amide bonds. The van der Waals surface area contributed by atoms with Crippen molar-refractivity contribution >= 4 is 34.5 Å². The fourth-order valence-corrected chi connectivity index (χ4v) is 1.54. The Bertz CT molecular complexity index is 453. The highest BCUT2D eigenvalue weighted by Gasteiger charge is 1.98. The third kappa shape index (κ3) is 4.59. The van der Waals surface area contributed by atoms with E-state index >= 15 is 0 Å². The minimum absolute atomic E-state index is 0.255. The zero-order valence-electron chi connectivity index (χ0n) is 9.87. The summed E-state index contributed by atoms with van der Waals surface area (Å²) < 4.78 is 1.24. The molecule has 0 aliphatic rings. The minimum atomic E-state index is 0.255. The number of hydrogen-bond acceptors (Lipinski definition) is 2. The summed E-state index contributed by atoms with van der Waals surface area (Å²) in [5, 5.41) is 2.68. The first-order valence-electron chi connectivity index (χ1n) is 5.07. The second kappa shape index (κ2) is 6.43. The van der Waals surface area contributed by atoms with E-state index in [-0.39, 0.29) is 11.9 Å². The van der Waals surface area contributed by atoms with E-state index in [0.29, 0.717) is 6.54 Å². The number of nitrogens with zero attached hydrogens (tertiary/aromatic N) is 2. The molecule has 0 aromatic heterocycles. The summed E-state index contributed by atoms with van der Waals surface area (Å²) in [5.41, 5.74) is 13.5. The van der Waals surface area contributed by atoms with Crippen LogP contribution in [0.3, 0.4) is 0 Å². The van der Waals surface area contributed by atoms with Crippen LogP contribution >= 0.6 is 22.6 Å². The lowest BCUT2D eigenvalue weighted by Crippen LogP contribution is -2.41. The quantitative estimate of drug-likeness (QED) is 0.424. The molecule has 0 spiro atoms.